The Bertz CT molecular complexity index is 213. The normalized spacial score (nSPS) is 39.8. The molecule has 0 saturated carbocycles. The summed E-state index contributed by atoms with van der Waals surface area (Å²) in [6.45, 7) is 7.98. The van der Waals surface area contributed by atoms with Crippen molar-refractivity contribution in [1.82, 2.24) is 5.32 Å². The lowest BCUT2D eigenvalue weighted by molar-refractivity contribution is -0.143. The highest BCUT2D eigenvalue weighted by molar-refractivity contribution is 5.79. The monoisotopic (exact) mass is 171 g/mol. The molecule has 0 aromatic rings. The fourth-order valence-electron chi connectivity index (χ4n) is 1.93. The minimum absolute atomic E-state index is 0.0765. The van der Waals surface area contributed by atoms with E-state index in [2.05, 4.69) is 19.2 Å². The van der Waals surface area contributed by atoms with Crippen LogP contribution in [0, 0.1) is 5.41 Å². The van der Waals surface area contributed by atoms with Crippen LogP contribution in [0.25, 0.3) is 0 Å². The quantitative estimate of drug-likeness (QED) is 0.624. The predicted molar refractivity (Wildman–Crippen MR) is 47.0 cm³/mol. The minimum Gasteiger partial charge on any atom is -0.480 e. The molecule has 3 heteroatoms. The first-order chi connectivity index (χ1) is 5.28. The van der Waals surface area contributed by atoms with Crippen molar-refractivity contribution in [2.24, 2.45) is 5.41 Å². The molecular formula is C9H17NO2. The molecule has 1 aliphatic heterocycles. The maximum Gasteiger partial charge on any atom is 0.323 e. The van der Waals surface area contributed by atoms with Gasteiger partial charge in [0.25, 0.3) is 0 Å². The summed E-state index contributed by atoms with van der Waals surface area (Å²) in [4.78, 5) is 10.9. The topological polar surface area (TPSA) is 49.3 Å². The fraction of sp³-hybridized carbons (Fsp3) is 0.889. The molecule has 0 spiro atoms. The molecule has 0 radical (unpaired) electrons. The molecule has 2 atom stereocenters. The Labute approximate surface area is 73.2 Å². The lowest BCUT2D eigenvalue weighted by Gasteiger charge is -2.22. The molecule has 1 rings (SSSR count). The van der Waals surface area contributed by atoms with E-state index in [1.165, 1.54) is 0 Å². The van der Waals surface area contributed by atoms with Crippen molar-refractivity contribution < 1.29 is 9.90 Å². The van der Waals surface area contributed by atoms with Crippen LogP contribution in [0.5, 0.6) is 0 Å². The molecule has 1 aliphatic rings. The summed E-state index contributed by atoms with van der Waals surface area (Å²) in [6, 6.07) is 0.263. The second kappa shape index (κ2) is 2.46. The maximum absolute atomic E-state index is 10.9. The number of carbonyl (C=O) groups is 1. The Balaban J connectivity index is 2.85. The molecule has 0 aromatic heterocycles. The van der Waals surface area contributed by atoms with Crippen LogP contribution in [0.1, 0.15) is 34.1 Å². The molecule has 12 heavy (non-hydrogen) atoms. The van der Waals surface area contributed by atoms with E-state index in [-0.39, 0.29) is 11.5 Å². The molecule has 2 N–H and O–H groups in total. The highest BCUT2D eigenvalue weighted by Gasteiger charge is 2.48. The largest absolute Gasteiger partial charge is 0.480 e. The van der Waals surface area contributed by atoms with Gasteiger partial charge < -0.3 is 5.11 Å². The van der Waals surface area contributed by atoms with Crippen LogP contribution in [0.15, 0.2) is 0 Å². The zero-order valence-corrected chi connectivity index (χ0v) is 8.14. The Kier molecular flexibility index (Phi) is 1.95. The number of carboxylic acids is 1. The van der Waals surface area contributed by atoms with Gasteiger partial charge in [-0.2, -0.15) is 0 Å². The molecule has 2 unspecified atom stereocenters. The molecule has 1 saturated heterocycles. The van der Waals surface area contributed by atoms with Gasteiger partial charge in [0.15, 0.2) is 0 Å². The number of hydrogen-bond acceptors (Lipinski definition) is 2. The molecule has 1 heterocycles. The van der Waals surface area contributed by atoms with E-state index < -0.39 is 11.5 Å². The Morgan fingerprint density at radius 3 is 2.17 bits per heavy atom. The Hall–Kier alpha value is -0.570. The van der Waals surface area contributed by atoms with Crippen LogP contribution in [0.2, 0.25) is 0 Å². The molecule has 0 aromatic carbocycles. The van der Waals surface area contributed by atoms with Crippen molar-refractivity contribution in [3.05, 3.63) is 0 Å². The van der Waals surface area contributed by atoms with Gasteiger partial charge in [-0.3, -0.25) is 10.1 Å². The van der Waals surface area contributed by atoms with E-state index in [0.717, 1.165) is 0 Å². The highest BCUT2D eigenvalue weighted by atomic mass is 16.4. The van der Waals surface area contributed by atoms with E-state index in [4.69, 9.17) is 5.11 Å². The summed E-state index contributed by atoms with van der Waals surface area (Å²) in [6.07, 6.45) is 0.691. The third-order valence-corrected chi connectivity index (χ3v) is 2.99. The van der Waals surface area contributed by atoms with Gasteiger partial charge >= 0.3 is 5.97 Å². The van der Waals surface area contributed by atoms with E-state index >= 15 is 0 Å². The van der Waals surface area contributed by atoms with Crippen molar-refractivity contribution in [2.45, 2.75) is 45.7 Å². The fourth-order valence-corrected chi connectivity index (χ4v) is 1.93. The summed E-state index contributed by atoms with van der Waals surface area (Å²) in [5, 5.41) is 12.1. The number of carboxylic acid groups (broad SMARTS) is 1. The van der Waals surface area contributed by atoms with E-state index in [9.17, 15) is 4.79 Å². The molecule has 3 nitrogen and oxygen atoms in total. The van der Waals surface area contributed by atoms with Crippen LogP contribution in [0.4, 0.5) is 0 Å². The van der Waals surface area contributed by atoms with Gasteiger partial charge in [-0.25, -0.2) is 0 Å². The molecule has 70 valence electrons. The summed E-state index contributed by atoms with van der Waals surface area (Å²) in [7, 11) is 0. The summed E-state index contributed by atoms with van der Waals surface area (Å²) < 4.78 is 0. The van der Waals surface area contributed by atoms with E-state index in [1.54, 1.807) is 6.92 Å². The van der Waals surface area contributed by atoms with Gasteiger partial charge in [-0.05, 0) is 25.7 Å². The first kappa shape index (κ1) is 9.52. The van der Waals surface area contributed by atoms with Crippen molar-refractivity contribution in [3.63, 3.8) is 0 Å². The SMILES string of the molecule is CC1NC(C)(C(=O)O)CC1(C)C. The summed E-state index contributed by atoms with van der Waals surface area (Å²) in [5.41, 5.74) is -0.657. The number of rotatable bonds is 1. The smallest absolute Gasteiger partial charge is 0.323 e. The lowest BCUT2D eigenvalue weighted by Crippen LogP contribution is -2.46. The number of nitrogens with one attached hydrogen (secondary N) is 1. The third-order valence-electron chi connectivity index (χ3n) is 2.99. The second-order valence-corrected chi connectivity index (χ2v) is 4.67. The van der Waals surface area contributed by atoms with Crippen molar-refractivity contribution in [1.29, 1.82) is 0 Å². The molecule has 0 amide bonds. The predicted octanol–water partition coefficient (Wildman–Crippen LogP) is 1.24. The standard InChI is InChI=1S/C9H17NO2/c1-6-8(2,3)5-9(4,10-6)7(11)12/h6,10H,5H2,1-4H3,(H,11,12). The Morgan fingerprint density at radius 2 is 2.00 bits per heavy atom. The number of hydrogen-bond donors (Lipinski definition) is 2. The van der Waals surface area contributed by atoms with Crippen LogP contribution in [-0.2, 0) is 4.79 Å². The van der Waals surface area contributed by atoms with E-state index in [0.29, 0.717) is 6.42 Å². The molecule has 0 bridgehead atoms. The first-order valence-corrected chi connectivity index (χ1v) is 4.29. The van der Waals surface area contributed by atoms with Gasteiger partial charge in [-0.1, -0.05) is 13.8 Å². The van der Waals surface area contributed by atoms with Gasteiger partial charge in [0.1, 0.15) is 5.54 Å². The van der Waals surface area contributed by atoms with Gasteiger partial charge in [0, 0.05) is 6.04 Å². The van der Waals surface area contributed by atoms with Crippen LogP contribution >= 0.6 is 0 Å². The van der Waals surface area contributed by atoms with Gasteiger partial charge in [0.2, 0.25) is 0 Å². The maximum atomic E-state index is 10.9. The van der Waals surface area contributed by atoms with Gasteiger partial charge in [-0.15, -0.1) is 0 Å². The van der Waals surface area contributed by atoms with Crippen molar-refractivity contribution in [3.8, 4) is 0 Å². The second-order valence-electron chi connectivity index (χ2n) is 4.67. The average Bonchev–Trinajstić information content (AvgIpc) is 2.03. The first-order valence-electron chi connectivity index (χ1n) is 4.29. The highest BCUT2D eigenvalue weighted by Crippen LogP contribution is 2.38. The minimum atomic E-state index is -0.750. The van der Waals surface area contributed by atoms with Gasteiger partial charge in [0.05, 0.1) is 0 Å². The zero-order chi connectivity index (χ0) is 9.57. The lowest BCUT2D eigenvalue weighted by atomic mass is 9.81. The van der Waals surface area contributed by atoms with Crippen LogP contribution < -0.4 is 5.32 Å². The molecular weight excluding hydrogens is 154 g/mol. The van der Waals surface area contributed by atoms with Crippen molar-refractivity contribution in [2.75, 3.05) is 0 Å². The summed E-state index contributed by atoms with van der Waals surface area (Å²) >= 11 is 0. The third kappa shape index (κ3) is 1.33. The molecule has 0 aliphatic carbocycles. The van der Waals surface area contributed by atoms with E-state index in [1.807, 2.05) is 6.92 Å². The summed E-state index contributed by atoms with van der Waals surface area (Å²) in [5.74, 6) is -0.750. The average molecular weight is 171 g/mol. The van der Waals surface area contributed by atoms with Crippen LogP contribution in [0.3, 0.4) is 0 Å². The number of aliphatic carboxylic acids is 1. The Morgan fingerprint density at radius 1 is 1.50 bits per heavy atom. The van der Waals surface area contributed by atoms with Crippen molar-refractivity contribution >= 4 is 5.97 Å². The molecule has 1 fully saturated rings. The van der Waals surface area contributed by atoms with Crippen LogP contribution in [-0.4, -0.2) is 22.7 Å². The zero-order valence-electron chi connectivity index (χ0n) is 8.14.